The lowest BCUT2D eigenvalue weighted by atomic mass is 10.0. The topological polar surface area (TPSA) is 41.6 Å². The summed E-state index contributed by atoms with van der Waals surface area (Å²) < 4.78 is 5.72. The van der Waals surface area contributed by atoms with Crippen LogP contribution in [0.15, 0.2) is 36.4 Å². The van der Waals surface area contributed by atoms with Crippen molar-refractivity contribution in [1.82, 2.24) is 10.2 Å². The Labute approximate surface area is 153 Å². The lowest BCUT2D eigenvalue weighted by molar-refractivity contribution is 0.189. The second-order valence-electron chi connectivity index (χ2n) is 6.39. The Morgan fingerprint density at radius 3 is 2.60 bits per heavy atom. The maximum atomic E-state index is 12.3. The molecule has 1 aliphatic rings. The minimum Gasteiger partial charge on any atom is -0.492 e. The zero-order valence-electron chi connectivity index (χ0n) is 14.6. The first-order valence-electron chi connectivity index (χ1n) is 8.53. The van der Waals surface area contributed by atoms with Crippen molar-refractivity contribution in [2.75, 3.05) is 19.7 Å². The third kappa shape index (κ3) is 4.26. The molecule has 25 heavy (non-hydrogen) atoms. The standard InChI is InChI=1S/C20H23ClN2O2/c1-14-11-18(12-15(2)19(14)21)25-10-8-22-20(24)23-9-7-16-5-3-4-6-17(16)13-23/h3-6,11-12H,7-10,13H2,1-2H3,(H,22,24). The van der Waals surface area contributed by atoms with E-state index in [1.165, 1.54) is 11.1 Å². The Bertz CT molecular complexity index is 753. The van der Waals surface area contributed by atoms with Gasteiger partial charge in [-0.2, -0.15) is 0 Å². The number of amides is 2. The molecule has 5 heteroatoms. The van der Waals surface area contributed by atoms with E-state index in [1.54, 1.807) is 0 Å². The van der Waals surface area contributed by atoms with Crippen LogP contribution in [-0.4, -0.2) is 30.6 Å². The van der Waals surface area contributed by atoms with Crippen LogP contribution in [0.1, 0.15) is 22.3 Å². The number of fused-ring (bicyclic) bond motifs is 1. The lowest BCUT2D eigenvalue weighted by Crippen LogP contribution is -2.43. The predicted molar refractivity (Wildman–Crippen MR) is 100 cm³/mol. The highest BCUT2D eigenvalue weighted by Gasteiger charge is 2.19. The van der Waals surface area contributed by atoms with Crippen molar-refractivity contribution in [2.24, 2.45) is 0 Å². The number of hydrogen-bond acceptors (Lipinski definition) is 2. The second kappa shape index (κ2) is 7.79. The fourth-order valence-corrected chi connectivity index (χ4v) is 3.21. The largest absolute Gasteiger partial charge is 0.492 e. The van der Waals surface area contributed by atoms with Crippen LogP contribution >= 0.6 is 11.6 Å². The number of nitrogens with one attached hydrogen (secondary N) is 1. The molecule has 132 valence electrons. The molecule has 2 aromatic carbocycles. The summed E-state index contributed by atoms with van der Waals surface area (Å²) in [5.74, 6) is 0.778. The van der Waals surface area contributed by atoms with E-state index in [1.807, 2.05) is 43.0 Å². The highest BCUT2D eigenvalue weighted by Crippen LogP contribution is 2.25. The Hall–Kier alpha value is -2.20. The molecular weight excluding hydrogens is 336 g/mol. The number of benzene rings is 2. The number of aryl methyl sites for hydroxylation is 2. The maximum Gasteiger partial charge on any atom is 0.317 e. The van der Waals surface area contributed by atoms with Crippen LogP contribution in [0.5, 0.6) is 5.75 Å². The maximum absolute atomic E-state index is 12.3. The van der Waals surface area contributed by atoms with Crippen LogP contribution in [0, 0.1) is 13.8 Å². The van der Waals surface area contributed by atoms with E-state index < -0.39 is 0 Å². The van der Waals surface area contributed by atoms with Crippen molar-refractivity contribution in [3.05, 3.63) is 63.7 Å². The number of ether oxygens (including phenoxy) is 1. The first-order valence-corrected chi connectivity index (χ1v) is 8.91. The predicted octanol–water partition coefficient (Wildman–Crippen LogP) is 4.10. The number of carbonyl (C=O) groups is 1. The fraction of sp³-hybridized carbons (Fsp3) is 0.350. The lowest BCUT2D eigenvalue weighted by Gasteiger charge is -2.28. The molecule has 4 nitrogen and oxygen atoms in total. The number of hydrogen-bond donors (Lipinski definition) is 1. The van der Waals surface area contributed by atoms with Gasteiger partial charge in [-0.3, -0.25) is 0 Å². The molecule has 0 atom stereocenters. The van der Waals surface area contributed by atoms with Gasteiger partial charge in [0.25, 0.3) is 0 Å². The fourth-order valence-electron chi connectivity index (χ4n) is 3.10. The van der Waals surface area contributed by atoms with Gasteiger partial charge in [0.15, 0.2) is 0 Å². The van der Waals surface area contributed by atoms with E-state index in [2.05, 4.69) is 17.4 Å². The van der Waals surface area contributed by atoms with Crippen LogP contribution in [-0.2, 0) is 13.0 Å². The van der Waals surface area contributed by atoms with Crippen molar-refractivity contribution in [3.8, 4) is 5.75 Å². The Balaban J connectivity index is 1.46. The molecule has 1 N–H and O–H groups in total. The average molecular weight is 359 g/mol. The summed E-state index contributed by atoms with van der Waals surface area (Å²) in [6.45, 7) is 6.22. The quantitative estimate of drug-likeness (QED) is 0.836. The molecular formula is C20H23ClN2O2. The van der Waals surface area contributed by atoms with Gasteiger partial charge in [0.05, 0.1) is 6.54 Å². The molecule has 0 radical (unpaired) electrons. The van der Waals surface area contributed by atoms with Gasteiger partial charge in [-0.05, 0) is 54.7 Å². The summed E-state index contributed by atoms with van der Waals surface area (Å²) in [5.41, 5.74) is 4.55. The third-order valence-electron chi connectivity index (χ3n) is 4.47. The summed E-state index contributed by atoms with van der Waals surface area (Å²) >= 11 is 6.16. The summed E-state index contributed by atoms with van der Waals surface area (Å²) in [4.78, 5) is 14.2. The minimum atomic E-state index is -0.0402. The van der Waals surface area contributed by atoms with E-state index >= 15 is 0 Å². The molecule has 3 rings (SSSR count). The van der Waals surface area contributed by atoms with E-state index in [4.69, 9.17) is 16.3 Å². The highest BCUT2D eigenvalue weighted by atomic mass is 35.5. The second-order valence-corrected chi connectivity index (χ2v) is 6.77. The molecule has 0 unspecified atom stereocenters. The van der Waals surface area contributed by atoms with Crippen LogP contribution in [0.3, 0.4) is 0 Å². The van der Waals surface area contributed by atoms with Gasteiger partial charge in [0.2, 0.25) is 0 Å². The monoisotopic (exact) mass is 358 g/mol. The number of rotatable bonds is 4. The van der Waals surface area contributed by atoms with Crippen molar-refractivity contribution in [2.45, 2.75) is 26.8 Å². The van der Waals surface area contributed by atoms with E-state index in [9.17, 15) is 4.79 Å². The molecule has 0 saturated heterocycles. The smallest absolute Gasteiger partial charge is 0.317 e. The van der Waals surface area contributed by atoms with Crippen molar-refractivity contribution >= 4 is 17.6 Å². The molecule has 1 heterocycles. The first-order chi connectivity index (χ1) is 12.0. The Morgan fingerprint density at radius 2 is 1.88 bits per heavy atom. The van der Waals surface area contributed by atoms with E-state index in [0.717, 1.165) is 34.9 Å². The van der Waals surface area contributed by atoms with Gasteiger partial charge in [0.1, 0.15) is 12.4 Å². The molecule has 0 spiro atoms. The van der Waals surface area contributed by atoms with Crippen LogP contribution in [0.4, 0.5) is 4.79 Å². The van der Waals surface area contributed by atoms with Gasteiger partial charge >= 0.3 is 6.03 Å². The number of carbonyl (C=O) groups excluding carboxylic acids is 1. The van der Waals surface area contributed by atoms with Gasteiger partial charge in [-0.25, -0.2) is 4.79 Å². The zero-order valence-corrected chi connectivity index (χ0v) is 15.4. The summed E-state index contributed by atoms with van der Waals surface area (Å²) in [5, 5.41) is 3.70. The summed E-state index contributed by atoms with van der Waals surface area (Å²) in [6.07, 6.45) is 0.906. The number of urea groups is 1. The van der Waals surface area contributed by atoms with Crippen LogP contribution in [0.2, 0.25) is 5.02 Å². The minimum absolute atomic E-state index is 0.0402. The molecule has 2 amide bonds. The molecule has 0 bridgehead atoms. The molecule has 0 fully saturated rings. The highest BCUT2D eigenvalue weighted by molar-refractivity contribution is 6.32. The average Bonchev–Trinajstić information content (AvgIpc) is 2.62. The van der Waals surface area contributed by atoms with E-state index in [0.29, 0.717) is 19.7 Å². The molecule has 2 aromatic rings. The Kier molecular flexibility index (Phi) is 5.49. The first kappa shape index (κ1) is 17.6. The van der Waals surface area contributed by atoms with Crippen LogP contribution < -0.4 is 10.1 Å². The SMILES string of the molecule is Cc1cc(OCCNC(=O)N2CCc3ccccc3C2)cc(C)c1Cl. The zero-order chi connectivity index (χ0) is 17.8. The van der Waals surface area contributed by atoms with E-state index in [-0.39, 0.29) is 6.03 Å². The summed E-state index contributed by atoms with van der Waals surface area (Å²) in [6, 6.07) is 12.1. The van der Waals surface area contributed by atoms with Gasteiger partial charge in [-0.15, -0.1) is 0 Å². The van der Waals surface area contributed by atoms with Gasteiger partial charge in [0, 0.05) is 18.1 Å². The van der Waals surface area contributed by atoms with Crippen molar-refractivity contribution in [1.29, 1.82) is 0 Å². The molecule has 0 aromatic heterocycles. The van der Waals surface area contributed by atoms with Crippen molar-refractivity contribution < 1.29 is 9.53 Å². The van der Waals surface area contributed by atoms with Crippen molar-refractivity contribution in [3.63, 3.8) is 0 Å². The van der Waals surface area contributed by atoms with Gasteiger partial charge < -0.3 is 15.0 Å². The number of halogens is 1. The molecule has 1 aliphatic heterocycles. The number of nitrogens with zero attached hydrogens (tertiary/aromatic N) is 1. The van der Waals surface area contributed by atoms with Gasteiger partial charge in [-0.1, -0.05) is 35.9 Å². The molecule has 0 aliphatic carbocycles. The normalized spacial score (nSPS) is 13.3. The Morgan fingerprint density at radius 1 is 1.20 bits per heavy atom. The summed E-state index contributed by atoms with van der Waals surface area (Å²) in [7, 11) is 0. The molecule has 0 saturated carbocycles. The van der Waals surface area contributed by atoms with Crippen LogP contribution in [0.25, 0.3) is 0 Å². The third-order valence-corrected chi connectivity index (χ3v) is 5.07.